The van der Waals surface area contributed by atoms with Gasteiger partial charge in [-0.15, -0.1) is 0 Å². The Morgan fingerprint density at radius 1 is 1.53 bits per heavy atom. The first kappa shape index (κ1) is 14.2. The van der Waals surface area contributed by atoms with Gasteiger partial charge in [0.25, 0.3) is 5.91 Å². The van der Waals surface area contributed by atoms with Crippen LogP contribution >= 0.6 is 11.6 Å². The van der Waals surface area contributed by atoms with Crippen LogP contribution in [0.2, 0.25) is 5.02 Å². The molecule has 5 heteroatoms. The second-order valence-electron chi connectivity index (χ2n) is 5.61. The summed E-state index contributed by atoms with van der Waals surface area (Å²) in [6.45, 7) is 7.10. The lowest BCUT2D eigenvalue weighted by atomic mass is 10.0. The fourth-order valence-electron chi connectivity index (χ4n) is 2.47. The number of nitrogens with two attached hydrogens (primary N) is 1. The predicted octanol–water partition coefficient (Wildman–Crippen LogP) is 2.56. The van der Waals surface area contributed by atoms with Crippen LogP contribution in [0.25, 0.3) is 0 Å². The molecular weight excluding hydrogens is 264 g/mol. The van der Waals surface area contributed by atoms with Gasteiger partial charge in [-0.05, 0) is 39.0 Å². The molecule has 0 radical (unpaired) electrons. The highest BCUT2D eigenvalue weighted by molar-refractivity contribution is 6.33. The Balaban J connectivity index is 2.21. The number of morpholine rings is 1. The molecule has 1 saturated heterocycles. The number of hydrogen-bond donors (Lipinski definition) is 1. The fourth-order valence-corrected chi connectivity index (χ4v) is 2.59. The number of hydrogen-bond acceptors (Lipinski definition) is 3. The zero-order valence-corrected chi connectivity index (χ0v) is 12.2. The molecule has 2 N–H and O–H groups in total. The van der Waals surface area contributed by atoms with Gasteiger partial charge in [-0.3, -0.25) is 4.79 Å². The number of carbonyl (C=O) groups is 1. The van der Waals surface area contributed by atoms with E-state index in [0.29, 0.717) is 29.4 Å². The van der Waals surface area contributed by atoms with Crippen molar-refractivity contribution in [2.45, 2.75) is 32.5 Å². The molecule has 0 aromatic heterocycles. The summed E-state index contributed by atoms with van der Waals surface area (Å²) in [4.78, 5) is 14.3. The van der Waals surface area contributed by atoms with Crippen molar-refractivity contribution in [3.63, 3.8) is 0 Å². The zero-order valence-electron chi connectivity index (χ0n) is 11.4. The zero-order chi connectivity index (χ0) is 14.2. The summed E-state index contributed by atoms with van der Waals surface area (Å²) < 4.78 is 5.79. The van der Waals surface area contributed by atoms with Gasteiger partial charge in [0.1, 0.15) is 0 Å². The van der Waals surface area contributed by atoms with E-state index in [4.69, 9.17) is 22.1 Å². The van der Waals surface area contributed by atoms with Crippen LogP contribution in [0, 0.1) is 0 Å². The molecule has 1 aromatic rings. The normalized spacial score (nSPS) is 22.3. The van der Waals surface area contributed by atoms with Gasteiger partial charge >= 0.3 is 0 Å². The first-order chi connectivity index (χ1) is 8.78. The number of benzene rings is 1. The molecule has 2 rings (SSSR count). The third-order valence-electron chi connectivity index (χ3n) is 3.10. The van der Waals surface area contributed by atoms with E-state index in [1.807, 2.05) is 20.8 Å². The van der Waals surface area contributed by atoms with Gasteiger partial charge in [-0.25, -0.2) is 0 Å². The number of nitrogen functional groups attached to an aromatic ring is 1. The summed E-state index contributed by atoms with van der Waals surface area (Å²) in [5, 5.41) is 0.465. The van der Waals surface area contributed by atoms with Crippen molar-refractivity contribution in [2.75, 3.05) is 18.8 Å². The molecule has 1 heterocycles. The molecule has 1 atom stereocenters. The topological polar surface area (TPSA) is 55.6 Å². The molecule has 1 amide bonds. The van der Waals surface area contributed by atoms with Crippen molar-refractivity contribution >= 4 is 23.2 Å². The third-order valence-corrected chi connectivity index (χ3v) is 3.44. The number of rotatable bonds is 1. The Bertz CT molecular complexity index is 502. The van der Waals surface area contributed by atoms with Gasteiger partial charge in [0.15, 0.2) is 0 Å². The molecule has 0 bridgehead atoms. The molecule has 0 spiro atoms. The lowest BCUT2D eigenvalue weighted by Crippen LogP contribution is -2.53. The minimum Gasteiger partial charge on any atom is -0.398 e. The Hall–Kier alpha value is -1.26. The minimum absolute atomic E-state index is 0.0253. The van der Waals surface area contributed by atoms with Gasteiger partial charge in [-0.2, -0.15) is 0 Å². The van der Waals surface area contributed by atoms with Crippen LogP contribution in [0.1, 0.15) is 31.1 Å². The molecule has 4 nitrogen and oxygen atoms in total. The monoisotopic (exact) mass is 282 g/mol. The first-order valence-electron chi connectivity index (χ1n) is 6.30. The van der Waals surface area contributed by atoms with E-state index in [1.165, 1.54) is 0 Å². The quantitative estimate of drug-likeness (QED) is 0.806. The molecule has 0 saturated carbocycles. The minimum atomic E-state index is -0.328. The summed E-state index contributed by atoms with van der Waals surface area (Å²) in [5.41, 5.74) is 6.40. The van der Waals surface area contributed by atoms with E-state index in [1.54, 1.807) is 23.1 Å². The SMILES string of the molecule is CC1CN(C(=O)c2ccc(Cl)c(N)c2)CC(C)(C)O1. The highest BCUT2D eigenvalue weighted by atomic mass is 35.5. The van der Waals surface area contributed by atoms with Crippen LogP contribution in [-0.2, 0) is 4.74 Å². The maximum Gasteiger partial charge on any atom is 0.254 e. The van der Waals surface area contributed by atoms with Crippen molar-refractivity contribution < 1.29 is 9.53 Å². The molecule has 1 aromatic carbocycles. The summed E-state index contributed by atoms with van der Waals surface area (Å²) in [6, 6.07) is 4.98. The van der Waals surface area contributed by atoms with Gasteiger partial charge in [0.05, 0.1) is 22.4 Å². The summed E-state index contributed by atoms with van der Waals surface area (Å²) in [7, 11) is 0. The van der Waals surface area contributed by atoms with Crippen molar-refractivity contribution in [2.24, 2.45) is 0 Å². The number of halogens is 1. The molecular formula is C14H19ClN2O2. The Kier molecular flexibility index (Phi) is 3.74. The van der Waals surface area contributed by atoms with Gasteiger partial charge in [-0.1, -0.05) is 11.6 Å². The van der Waals surface area contributed by atoms with Crippen LogP contribution in [0.3, 0.4) is 0 Å². The second kappa shape index (κ2) is 5.02. The third kappa shape index (κ3) is 3.19. The number of ether oxygens (including phenoxy) is 1. The second-order valence-corrected chi connectivity index (χ2v) is 6.02. The maximum absolute atomic E-state index is 12.5. The average molecular weight is 283 g/mol. The van der Waals surface area contributed by atoms with Gasteiger partial charge in [0, 0.05) is 18.7 Å². The standard InChI is InChI=1S/C14H19ClN2O2/c1-9-7-17(8-14(2,3)19-9)13(18)10-4-5-11(15)12(16)6-10/h4-6,9H,7-8,16H2,1-3H3. The van der Waals surface area contributed by atoms with E-state index in [9.17, 15) is 4.79 Å². The van der Waals surface area contributed by atoms with Crippen LogP contribution in [0.5, 0.6) is 0 Å². The Labute approximate surface area is 118 Å². The van der Waals surface area contributed by atoms with Crippen LogP contribution < -0.4 is 5.73 Å². The maximum atomic E-state index is 12.5. The van der Waals surface area contributed by atoms with Crippen LogP contribution in [-0.4, -0.2) is 35.6 Å². The first-order valence-corrected chi connectivity index (χ1v) is 6.68. The van der Waals surface area contributed by atoms with E-state index in [2.05, 4.69) is 0 Å². The smallest absolute Gasteiger partial charge is 0.254 e. The molecule has 19 heavy (non-hydrogen) atoms. The van der Waals surface area contributed by atoms with Crippen molar-refractivity contribution in [1.29, 1.82) is 0 Å². The molecule has 104 valence electrons. The van der Waals surface area contributed by atoms with E-state index in [-0.39, 0.29) is 17.6 Å². The number of amides is 1. The van der Waals surface area contributed by atoms with Crippen molar-refractivity contribution in [1.82, 2.24) is 4.90 Å². The van der Waals surface area contributed by atoms with Crippen molar-refractivity contribution in [3.05, 3.63) is 28.8 Å². The Morgan fingerprint density at radius 2 is 2.21 bits per heavy atom. The number of anilines is 1. The molecule has 1 aliphatic heterocycles. The van der Waals surface area contributed by atoms with E-state index in [0.717, 1.165) is 0 Å². The summed E-state index contributed by atoms with van der Waals surface area (Å²) >= 11 is 5.87. The van der Waals surface area contributed by atoms with Crippen LogP contribution in [0.4, 0.5) is 5.69 Å². The molecule has 1 unspecified atom stereocenters. The predicted molar refractivity (Wildman–Crippen MR) is 76.4 cm³/mol. The molecule has 1 fully saturated rings. The van der Waals surface area contributed by atoms with Crippen LogP contribution in [0.15, 0.2) is 18.2 Å². The molecule has 1 aliphatic rings. The summed E-state index contributed by atoms with van der Waals surface area (Å²) in [6.07, 6.45) is 0.0253. The largest absolute Gasteiger partial charge is 0.398 e. The van der Waals surface area contributed by atoms with E-state index >= 15 is 0 Å². The highest BCUT2D eigenvalue weighted by Crippen LogP contribution is 2.24. The lowest BCUT2D eigenvalue weighted by molar-refractivity contribution is -0.118. The van der Waals surface area contributed by atoms with Gasteiger partial charge in [0.2, 0.25) is 0 Å². The van der Waals surface area contributed by atoms with Gasteiger partial charge < -0.3 is 15.4 Å². The Morgan fingerprint density at radius 3 is 2.79 bits per heavy atom. The van der Waals surface area contributed by atoms with Crippen molar-refractivity contribution in [3.8, 4) is 0 Å². The van der Waals surface area contributed by atoms with E-state index < -0.39 is 0 Å². The highest BCUT2D eigenvalue weighted by Gasteiger charge is 2.34. The molecule has 0 aliphatic carbocycles. The summed E-state index contributed by atoms with van der Waals surface area (Å²) in [5.74, 6) is -0.0356. The lowest BCUT2D eigenvalue weighted by Gasteiger charge is -2.41. The number of carbonyl (C=O) groups excluding carboxylic acids is 1. The fraction of sp³-hybridized carbons (Fsp3) is 0.500. The average Bonchev–Trinajstić information content (AvgIpc) is 2.29. The number of nitrogens with zero attached hydrogens (tertiary/aromatic N) is 1.